The van der Waals surface area contributed by atoms with Crippen LogP contribution in [0.2, 0.25) is 0 Å². The molecule has 1 aliphatic rings. The van der Waals surface area contributed by atoms with Crippen molar-refractivity contribution in [2.45, 2.75) is 31.7 Å². The molecule has 1 fully saturated rings. The lowest BCUT2D eigenvalue weighted by atomic mass is 9.78. The molecule has 1 aliphatic carbocycles. The fourth-order valence-corrected chi connectivity index (χ4v) is 1.48. The Morgan fingerprint density at radius 1 is 1.67 bits per heavy atom. The monoisotopic (exact) mass is 171 g/mol. The number of nitrogens with one attached hydrogen (secondary N) is 1. The van der Waals surface area contributed by atoms with Gasteiger partial charge in [-0.3, -0.25) is 9.59 Å². The summed E-state index contributed by atoms with van der Waals surface area (Å²) < 4.78 is 0. The molecule has 0 saturated heterocycles. The van der Waals surface area contributed by atoms with Crippen molar-refractivity contribution in [2.75, 3.05) is 0 Å². The van der Waals surface area contributed by atoms with E-state index in [1.807, 2.05) is 0 Å². The molecule has 2 N–H and O–H groups in total. The number of carbonyl (C=O) groups excluding carboxylic acids is 1. The van der Waals surface area contributed by atoms with Gasteiger partial charge in [-0.2, -0.15) is 0 Å². The van der Waals surface area contributed by atoms with E-state index in [2.05, 4.69) is 5.32 Å². The number of hydrogen-bond donors (Lipinski definition) is 2. The summed E-state index contributed by atoms with van der Waals surface area (Å²) in [5.74, 6) is -0.465. The first-order valence-corrected chi connectivity index (χ1v) is 4.15. The second-order valence-electron chi connectivity index (χ2n) is 3.18. The predicted octanol–water partition coefficient (Wildman–Crippen LogP) is 0.376. The van der Waals surface area contributed by atoms with Crippen molar-refractivity contribution < 1.29 is 14.7 Å². The van der Waals surface area contributed by atoms with Crippen LogP contribution in [0.3, 0.4) is 0 Å². The van der Waals surface area contributed by atoms with Crippen LogP contribution in [-0.4, -0.2) is 23.5 Å². The molecule has 0 spiro atoms. The van der Waals surface area contributed by atoms with E-state index in [4.69, 9.17) is 5.11 Å². The Balaban J connectivity index is 2.36. The molecular formula is C8H13NO3. The van der Waals surface area contributed by atoms with Crippen LogP contribution >= 0.6 is 0 Å². The van der Waals surface area contributed by atoms with Gasteiger partial charge >= 0.3 is 5.97 Å². The van der Waals surface area contributed by atoms with Gasteiger partial charge in [0.05, 0.1) is 6.42 Å². The molecule has 4 heteroatoms. The standard InChI is InChI=1S/C8H13NO3/c10-5-9-7(4-8(11)12)6-2-1-3-6/h5-7H,1-4H2,(H,9,10)(H,11,12). The Hall–Kier alpha value is -1.06. The largest absolute Gasteiger partial charge is 0.481 e. The van der Waals surface area contributed by atoms with Gasteiger partial charge in [0.1, 0.15) is 0 Å². The van der Waals surface area contributed by atoms with Crippen molar-refractivity contribution >= 4 is 12.4 Å². The molecule has 0 aliphatic heterocycles. The Bertz CT molecular complexity index is 177. The van der Waals surface area contributed by atoms with Crippen LogP contribution in [0.1, 0.15) is 25.7 Å². The second-order valence-corrected chi connectivity index (χ2v) is 3.18. The van der Waals surface area contributed by atoms with E-state index in [0.717, 1.165) is 19.3 Å². The highest BCUT2D eigenvalue weighted by Crippen LogP contribution is 2.30. The molecule has 0 heterocycles. The Morgan fingerprint density at radius 2 is 2.33 bits per heavy atom. The van der Waals surface area contributed by atoms with E-state index in [-0.39, 0.29) is 12.5 Å². The molecule has 12 heavy (non-hydrogen) atoms. The normalized spacial score (nSPS) is 19.3. The van der Waals surface area contributed by atoms with E-state index in [9.17, 15) is 9.59 Å². The number of amides is 1. The van der Waals surface area contributed by atoms with Crippen molar-refractivity contribution in [1.29, 1.82) is 0 Å². The highest BCUT2D eigenvalue weighted by molar-refractivity contribution is 5.68. The zero-order valence-corrected chi connectivity index (χ0v) is 6.82. The Kier molecular flexibility index (Phi) is 3.08. The van der Waals surface area contributed by atoms with Crippen molar-refractivity contribution in [1.82, 2.24) is 5.32 Å². The minimum atomic E-state index is -0.846. The lowest BCUT2D eigenvalue weighted by Crippen LogP contribution is -2.40. The van der Waals surface area contributed by atoms with Crippen molar-refractivity contribution in [3.63, 3.8) is 0 Å². The molecule has 1 atom stereocenters. The number of carboxylic acids is 1. The summed E-state index contributed by atoms with van der Waals surface area (Å²) in [6, 6.07) is -0.159. The fourth-order valence-electron chi connectivity index (χ4n) is 1.48. The topological polar surface area (TPSA) is 66.4 Å². The molecule has 1 rings (SSSR count). The van der Waals surface area contributed by atoms with Gasteiger partial charge in [-0.25, -0.2) is 0 Å². The van der Waals surface area contributed by atoms with E-state index in [1.165, 1.54) is 0 Å². The molecule has 1 saturated carbocycles. The summed E-state index contributed by atoms with van der Waals surface area (Å²) in [5, 5.41) is 11.1. The molecule has 0 bridgehead atoms. The summed E-state index contributed by atoms with van der Waals surface area (Å²) in [6.07, 6.45) is 3.87. The maximum Gasteiger partial charge on any atom is 0.305 e. The molecule has 1 amide bonds. The van der Waals surface area contributed by atoms with Gasteiger partial charge in [0.25, 0.3) is 0 Å². The van der Waals surface area contributed by atoms with E-state index in [0.29, 0.717) is 12.3 Å². The molecule has 4 nitrogen and oxygen atoms in total. The lowest BCUT2D eigenvalue weighted by Gasteiger charge is -2.32. The van der Waals surface area contributed by atoms with Gasteiger partial charge in [0.15, 0.2) is 0 Å². The second kappa shape index (κ2) is 4.09. The highest BCUT2D eigenvalue weighted by atomic mass is 16.4. The molecule has 0 aromatic rings. The number of carboxylic acid groups (broad SMARTS) is 1. The quantitative estimate of drug-likeness (QED) is 0.587. The van der Waals surface area contributed by atoms with E-state index >= 15 is 0 Å². The molecule has 0 aromatic heterocycles. The van der Waals surface area contributed by atoms with Gasteiger partial charge in [-0.15, -0.1) is 0 Å². The number of carbonyl (C=O) groups is 2. The van der Waals surface area contributed by atoms with Crippen molar-refractivity contribution in [3.05, 3.63) is 0 Å². The van der Waals surface area contributed by atoms with Crippen LogP contribution < -0.4 is 5.32 Å². The minimum absolute atomic E-state index is 0.0450. The zero-order chi connectivity index (χ0) is 8.97. The van der Waals surface area contributed by atoms with Gasteiger partial charge < -0.3 is 10.4 Å². The molecular weight excluding hydrogens is 158 g/mol. The molecule has 0 radical (unpaired) electrons. The first kappa shape index (κ1) is 9.03. The van der Waals surface area contributed by atoms with Crippen molar-refractivity contribution in [2.24, 2.45) is 5.92 Å². The first-order valence-electron chi connectivity index (χ1n) is 4.15. The van der Waals surface area contributed by atoms with E-state index < -0.39 is 5.97 Å². The van der Waals surface area contributed by atoms with Crippen LogP contribution in [0.5, 0.6) is 0 Å². The summed E-state index contributed by atoms with van der Waals surface area (Å²) in [6.45, 7) is 0. The number of aliphatic carboxylic acids is 1. The number of rotatable bonds is 5. The SMILES string of the molecule is O=CNC(CC(=O)O)C1CCC1. The average Bonchev–Trinajstić information content (AvgIpc) is 1.81. The third kappa shape index (κ3) is 2.22. The van der Waals surface area contributed by atoms with Gasteiger partial charge in [-0.05, 0) is 18.8 Å². The summed E-state index contributed by atoms with van der Waals surface area (Å²) >= 11 is 0. The Labute approximate surface area is 71.0 Å². The van der Waals surface area contributed by atoms with Crippen LogP contribution in [0.4, 0.5) is 0 Å². The zero-order valence-electron chi connectivity index (χ0n) is 6.82. The van der Waals surface area contributed by atoms with Crippen LogP contribution in [0.15, 0.2) is 0 Å². The predicted molar refractivity (Wildman–Crippen MR) is 42.6 cm³/mol. The minimum Gasteiger partial charge on any atom is -0.481 e. The summed E-state index contributed by atoms with van der Waals surface area (Å²) in [7, 11) is 0. The van der Waals surface area contributed by atoms with Crippen LogP contribution in [0.25, 0.3) is 0 Å². The molecule has 0 aromatic carbocycles. The smallest absolute Gasteiger partial charge is 0.305 e. The van der Waals surface area contributed by atoms with Gasteiger partial charge in [0.2, 0.25) is 6.41 Å². The van der Waals surface area contributed by atoms with Crippen LogP contribution in [-0.2, 0) is 9.59 Å². The maximum atomic E-state index is 10.4. The third-order valence-electron chi connectivity index (χ3n) is 2.40. The third-order valence-corrected chi connectivity index (χ3v) is 2.40. The number of hydrogen-bond acceptors (Lipinski definition) is 2. The van der Waals surface area contributed by atoms with E-state index in [1.54, 1.807) is 0 Å². The molecule has 68 valence electrons. The summed E-state index contributed by atoms with van der Waals surface area (Å²) in [4.78, 5) is 20.5. The molecule has 1 unspecified atom stereocenters. The maximum absolute atomic E-state index is 10.4. The average molecular weight is 171 g/mol. The highest BCUT2D eigenvalue weighted by Gasteiger charge is 2.28. The summed E-state index contributed by atoms with van der Waals surface area (Å²) in [5.41, 5.74) is 0. The van der Waals surface area contributed by atoms with Gasteiger partial charge in [0, 0.05) is 6.04 Å². The Morgan fingerprint density at radius 3 is 2.67 bits per heavy atom. The fraction of sp³-hybridized carbons (Fsp3) is 0.750. The van der Waals surface area contributed by atoms with Gasteiger partial charge in [-0.1, -0.05) is 6.42 Å². The van der Waals surface area contributed by atoms with Crippen LogP contribution in [0, 0.1) is 5.92 Å². The lowest BCUT2D eigenvalue weighted by molar-refractivity contribution is -0.138. The first-order chi connectivity index (χ1) is 5.74. The van der Waals surface area contributed by atoms with Crippen molar-refractivity contribution in [3.8, 4) is 0 Å².